The number of hydrogen-bond donors (Lipinski definition) is 4. The summed E-state index contributed by atoms with van der Waals surface area (Å²) in [6.07, 6.45) is 0.206. The molecule has 0 rings (SSSR count). The molecule has 0 aromatic rings. The molecule has 0 aromatic heterocycles. The van der Waals surface area contributed by atoms with Crippen LogP contribution >= 0.6 is 0 Å². The number of primary amides is 2. The lowest BCUT2D eigenvalue weighted by molar-refractivity contribution is -0.122. The molecule has 0 aliphatic carbocycles. The van der Waals surface area contributed by atoms with E-state index >= 15 is 0 Å². The van der Waals surface area contributed by atoms with Gasteiger partial charge in [0.2, 0.25) is 11.8 Å². The zero-order chi connectivity index (χ0) is 12.0. The Hall–Kier alpha value is -1.79. The topological polar surface area (TPSA) is 127 Å². The monoisotopic (exact) mass is 216 g/mol. The highest BCUT2D eigenvalue weighted by Crippen LogP contribution is 1.97. The van der Waals surface area contributed by atoms with Crippen LogP contribution in [0.3, 0.4) is 0 Å². The zero-order valence-electron chi connectivity index (χ0n) is 8.74. The Morgan fingerprint density at radius 3 is 2.07 bits per heavy atom. The first kappa shape index (κ1) is 13.2. The van der Waals surface area contributed by atoms with Crippen molar-refractivity contribution in [2.45, 2.75) is 32.4 Å². The summed E-state index contributed by atoms with van der Waals surface area (Å²) < 4.78 is 0. The largest absolute Gasteiger partial charge is 0.368 e. The lowest BCUT2D eigenvalue weighted by atomic mass is 10.1. The third kappa shape index (κ3) is 6.30. The summed E-state index contributed by atoms with van der Waals surface area (Å²) in [5.41, 5.74) is 9.91. The summed E-state index contributed by atoms with van der Waals surface area (Å²) in [7, 11) is 0. The van der Waals surface area contributed by atoms with Gasteiger partial charge in [0.05, 0.1) is 0 Å². The maximum absolute atomic E-state index is 10.9. The summed E-state index contributed by atoms with van der Waals surface area (Å²) in [6, 6.07) is -1.97. The van der Waals surface area contributed by atoms with Gasteiger partial charge in [-0.25, -0.2) is 4.79 Å². The van der Waals surface area contributed by atoms with Gasteiger partial charge in [-0.3, -0.25) is 9.59 Å². The van der Waals surface area contributed by atoms with Crippen LogP contribution in [0.5, 0.6) is 0 Å². The quantitative estimate of drug-likeness (QED) is 0.443. The Labute approximate surface area is 87.6 Å². The Balaban J connectivity index is 4.21. The molecule has 15 heavy (non-hydrogen) atoms. The summed E-state index contributed by atoms with van der Waals surface area (Å²) in [5.74, 6) is -0.907. The van der Waals surface area contributed by atoms with Crippen LogP contribution in [0.15, 0.2) is 0 Å². The molecule has 4 amide bonds. The van der Waals surface area contributed by atoms with Gasteiger partial charge in [0.1, 0.15) is 6.04 Å². The predicted molar refractivity (Wildman–Crippen MR) is 53.6 cm³/mol. The number of carbonyl (C=O) groups is 3. The van der Waals surface area contributed by atoms with Gasteiger partial charge in [-0.05, 0) is 13.3 Å². The Kier molecular flexibility index (Phi) is 5.14. The molecule has 0 saturated carbocycles. The maximum Gasteiger partial charge on any atom is 0.312 e. The lowest BCUT2D eigenvalue weighted by Crippen LogP contribution is -2.49. The first-order chi connectivity index (χ1) is 6.82. The second-order valence-electron chi connectivity index (χ2n) is 3.30. The Bertz CT molecular complexity index is 267. The van der Waals surface area contributed by atoms with Crippen LogP contribution in [0.4, 0.5) is 4.79 Å². The van der Waals surface area contributed by atoms with E-state index in [0.29, 0.717) is 0 Å². The van der Waals surface area contributed by atoms with Crippen LogP contribution in [-0.2, 0) is 9.59 Å². The van der Waals surface area contributed by atoms with Gasteiger partial charge in [-0.15, -0.1) is 0 Å². The van der Waals surface area contributed by atoms with Crippen LogP contribution in [0.1, 0.15) is 20.3 Å². The van der Waals surface area contributed by atoms with Crippen molar-refractivity contribution in [2.75, 3.05) is 0 Å². The molecular weight excluding hydrogens is 200 g/mol. The molecule has 6 N–H and O–H groups in total. The molecule has 86 valence electrons. The van der Waals surface area contributed by atoms with E-state index in [-0.39, 0.29) is 18.4 Å². The first-order valence-corrected chi connectivity index (χ1v) is 4.45. The molecule has 0 aliphatic rings. The van der Waals surface area contributed by atoms with E-state index in [1.54, 1.807) is 6.92 Å². The molecule has 0 aromatic carbocycles. The highest BCUT2D eigenvalue weighted by Gasteiger charge is 2.19. The third-order valence-electron chi connectivity index (χ3n) is 1.70. The lowest BCUT2D eigenvalue weighted by Gasteiger charge is -2.19. The van der Waals surface area contributed by atoms with Crippen LogP contribution in [0.25, 0.3) is 0 Å². The van der Waals surface area contributed by atoms with Crippen molar-refractivity contribution >= 4 is 17.8 Å². The van der Waals surface area contributed by atoms with Crippen molar-refractivity contribution in [2.24, 2.45) is 11.5 Å². The SMILES string of the molecule is CC(=O)NC(C)CC(NC(N)=O)C(N)=O. The highest BCUT2D eigenvalue weighted by molar-refractivity contribution is 5.85. The highest BCUT2D eigenvalue weighted by atomic mass is 16.2. The minimum absolute atomic E-state index is 0.206. The van der Waals surface area contributed by atoms with E-state index in [1.165, 1.54) is 6.92 Å². The number of nitrogens with two attached hydrogens (primary N) is 2. The van der Waals surface area contributed by atoms with Crippen LogP contribution in [0.2, 0.25) is 0 Å². The van der Waals surface area contributed by atoms with Gasteiger partial charge >= 0.3 is 6.03 Å². The van der Waals surface area contributed by atoms with E-state index < -0.39 is 18.0 Å². The molecule has 0 radical (unpaired) electrons. The predicted octanol–water partition coefficient (Wildman–Crippen LogP) is -1.58. The number of carbonyl (C=O) groups excluding carboxylic acids is 3. The molecule has 0 heterocycles. The molecule has 2 unspecified atom stereocenters. The van der Waals surface area contributed by atoms with Gasteiger partial charge in [0.25, 0.3) is 0 Å². The average Bonchev–Trinajstić information content (AvgIpc) is 1.99. The molecule has 0 aliphatic heterocycles. The minimum Gasteiger partial charge on any atom is -0.368 e. The van der Waals surface area contributed by atoms with Gasteiger partial charge in [0.15, 0.2) is 0 Å². The maximum atomic E-state index is 10.9. The molecule has 0 fully saturated rings. The number of amides is 4. The van der Waals surface area contributed by atoms with Crippen molar-refractivity contribution in [3.05, 3.63) is 0 Å². The van der Waals surface area contributed by atoms with E-state index in [9.17, 15) is 14.4 Å². The van der Waals surface area contributed by atoms with Gasteiger partial charge < -0.3 is 22.1 Å². The molecule has 2 atom stereocenters. The van der Waals surface area contributed by atoms with E-state index in [1.807, 2.05) is 0 Å². The van der Waals surface area contributed by atoms with Crippen molar-refractivity contribution in [1.82, 2.24) is 10.6 Å². The second kappa shape index (κ2) is 5.84. The smallest absolute Gasteiger partial charge is 0.312 e. The summed E-state index contributed by atoms with van der Waals surface area (Å²) in [4.78, 5) is 32.1. The van der Waals surface area contributed by atoms with Gasteiger partial charge in [-0.2, -0.15) is 0 Å². The van der Waals surface area contributed by atoms with Gasteiger partial charge in [-0.1, -0.05) is 0 Å². The normalized spacial score (nSPS) is 13.7. The number of nitrogens with one attached hydrogen (secondary N) is 2. The molecule has 7 heteroatoms. The van der Waals surface area contributed by atoms with Crippen LogP contribution in [-0.4, -0.2) is 29.9 Å². The third-order valence-corrected chi connectivity index (χ3v) is 1.70. The Morgan fingerprint density at radius 2 is 1.73 bits per heavy atom. The standard InChI is InChI=1S/C8H16N4O3/c1-4(11-5(2)13)3-6(7(9)14)12-8(10)15/h4,6H,3H2,1-2H3,(H2,9,14)(H,11,13)(H3,10,12,15). The van der Waals surface area contributed by atoms with Crippen molar-refractivity contribution < 1.29 is 14.4 Å². The summed E-state index contributed by atoms with van der Waals surface area (Å²) in [5, 5.41) is 4.76. The fourth-order valence-electron chi connectivity index (χ4n) is 1.18. The minimum atomic E-state index is -0.871. The van der Waals surface area contributed by atoms with E-state index in [0.717, 1.165) is 0 Å². The molecule has 0 saturated heterocycles. The van der Waals surface area contributed by atoms with Crippen LogP contribution in [0, 0.1) is 0 Å². The molecule has 0 bridgehead atoms. The zero-order valence-corrected chi connectivity index (χ0v) is 8.74. The first-order valence-electron chi connectivity index (χ1n) is 4.45. The Morgan fingerprint density at radius 1 is 1.20 bits per heavy atom. The van der Waals surface area contributed by atoms with Crippen molar-refractivity contribution in [3.63, 3.8) is 0 Å². The van der Waals surface area contributed by atoms with E-state index in [2.05, 4.69) is 10.6 Å². The van der Waals surface area contributed by atoms with E-state index in [4.69, 9.17) is 11.5 Å². The molecule has 7 nitrogen and oxygen atoms in total. The number of rotatable bonds is 5. The summed E-state index contributed by atoms with van der Waals surface area (Å²) >= 11 is 0. The number of hydrogen-bond acceptors (Lipinski definition) is 3. The van der Waals surface area contributed by atoms with Crippen molar-refractivity contribution in [3.8, 4) is 0 Å². The van der Waals surface area contributed by atoms with Gasteiger partial charge in [0, 0.05) is 13.0 Å². The fraction of sp³-hybridized carbons (Fsp3) is 0.625. The van der Waals surface area contributed by atoms with Crippen LogP contribution < -0.4 is 22.1 Å². The fourth-order valence-corrected chi connectivity index (χ4v) is 1.18. The molecule has 0 spiro atoms. The number of urea groups is 1. The van der Waals surface area contributed by atoms with Crippen molar-refractivity contribution in [1.29, 1.82) is 0 Å². The average molecular weight is 216 g/mol. The second-order valence-corrected chi connectivity index (χ2v) is 3.30. The summed E-state index contributed by atoms with van der Waals surface area (Å²) in [6.45, 7) is 3.05. The molecular formula is C8H16N4O3.